The Morgan fingerprint density at radius 3 is 2.76 bits per heavy atom. The normalized spacial score (nSPS) is 21.2. The van der Waals surface area contributed by atoms with Crippen molar-refractivity contribution in [2.24, 2.45) is 0 Å². The number of aliphatic hydroxyl groups excluding tert-OH is 2. The second-order valence-corrected chi connectivity index (χ2v) is 6.67. The fourth-order valence-electron chi connectivity index (χ4n) is 3.36. The van der Waals surface area contributed by atoms with E-state index in [1.807, 2.05) is 0 Å². The van der Waals surface area contributed by atoms with Gasteiger partial charge in [0.05, 0.1) is 17.6 Å². The predicted octanol–water partition coefficient (Wildman–Crippen LogP) is 2.38. The van der Waals surface area contributed by atoms with E-state index in [0.29, 0.717) is 12.1 Å². The number of likely N-dealkylation sites (tertiary alicyclic amines) is 1. The molecule has 140 valence electrons. The molecule has 0 amide bonds. The largest absolute Gasteiger partial charge is 0.395 e. The van der Waals surface area contributed by atoms with Crippen LogP contribution in [0.15, 0.2) is 24.3 Å². The molecule has 7 heteroatoms. The van der Waals surface area contributed by atoms with Crippen molar-refractivity contribution < 1.29 is 15.1 Å². The van der Waals surface area contributed by atoms with Gasteiger partial charge in [-0.3, -0.25) is 15.0 Å². The minimum Gasteiger partial charge on any atom is -0.395 e. The second kappa shape index (κ2) is 10.3. The van der Waals surface area contributed by atoms with Crippen molar-refractivity contribution in [2.45, 2.75) is 50.7 Å². The molecule has 3 N–H and O–H groups in total. The fourth-order valence-corrected chi connectivity index (χ4v) is 3.36. The molecule has 0 spiro atoms. The lowest BCUT2D eigenvalue weighted by atomic mass is 9.99. The van der Waals surface area contributed by atoms with Crippen molar-refractivity contribution in [1.29, 1.82) is 0 Å². The van der Waals surface area contributed by atoms with E-state index in [-0.39, 0.29) is 29.4 Å². The molecular weight excluding hydrogens is 322 g/mol. The van der Waals surface area contributed by atoms with Gasteiger partial charge in [-0.15, -0.1) is 0 Å². The van der Waals surface area contributed by atoms with Crippen LogP contribution in [0.2, 0.25) is 0 Å². The Balaban J connectivity index is 1.59. The minimum absolute atomic E-state index is 0.0871. The number of benzene rings is 1. The Hall–Kier alpha value is -1.70. The third-order valence-electron chi connectivity index (χ3n) is 4.81. The first-order valence-electron chi connectivity index (χ1n) is 9.12. The molecule has 0 aromatic heterocycles. The number of aliphatic hydroxyl groups is 2. The van der Waals surface area contributed by atoms with Crippen LogP contribution in [-0.2, 0) is 0 Å². The van der Waals surface area contributed by atoms with Crippen molar-refractivity contribution in [3.63, 3.8) is 0 Å². The zero-order chi connectivity index (χ0) is 18.1. The quantitative estimate of drug-likeness (QED) is 0.340. The molecule has 1 saturated heterocycles. The summed E-state index contributed by atoms with van der Waals surface area (Å²) in [6.45, 7) is 2.64. The summed E-state index contributed by atoms with van der Waals surface area (Å²) >= 11 is 0. The van der Waals surface area contributed by atoms with Gasteiger partial charge in [0, 0.05) is 25.2 Å². The Kier molecular flexibility index (Phi) is 8.11. The van der Waals surface area contributed by atoms with Crippen molar-refractivity contribution in [2.75, 3.05) is 31.6 Å². The summed E-state index contributed by atoms with van der Waals surface area (Å²) in [7, 11) is 0. The molecule has 7 nitrogen and oxygen atoms in total. The van der Waals surface area contributed by atoms with Crippen LogP contribution in [0.3, 0.4) is 0 Å². The van der Waals surface area contributed by atoms with E-state index in [1.54, 1.807) is 18.2 Å². The summed E-state index contributed by atoms with van der Waals surface area (Å²) in [5.74, 6) is 0. The summed E-state index contributed by atoms with van der Waals surface area (Å²) < 4.78 is 0. The molecule has 0 bridgehead atoms. The number of anilines is 1. The predicted molar refractivity (Wildman–Crippen MR) is 97.7 cm³/mol. The average molecular weight is 351 g/mol. The molecule has 0 unspecified atom stereocenters. The van der Waals surface area contributed by atoms with E-state index in [4.69, 9.17) is 0 Å². The van der Waals surface area contributed by atoms with Gasteiger partial charge in [0.2, 0.25) is 0 Å². The van der Waals surface area contributed by atoms with Gasteiger partial charge in [0.25, 0.3) is 5.69 Å². The monoisotopic (exact) mass is 351 g/mol. The minimum atomic E-state index is -0.366. The van der Waals surface area contributed by atoms with Crippen LogP contribution >= 0.6 is 0 Å². The number of rotatable bonds is 10. The van der Waals surface area contributed by atoms with Gasteiger partial charge in [0.1, 0.15) is 5.69 Å². The van der Waals surface area contributed by atoms with Crippen LogP contribution in [0.4, 0.5) is 11.4 Å². The van der Waals surface area contributed by atoms with Crippen LogP contribution < -0.4 is 5.32 Å². The molecule has 1 aromatic carbocycles. The van der Waals surface area contributed by atoms with E-state index >= 15 is 0 Å². The number of piperidine rings is 1. The van der Waals surface area contributed by atoms with Crippen molar-refractivity contribution in [3.05, 3.63) is 34.4 Å². The van der Waals surface area contributed by atoms with E-state index in [1.165, 1.54) is 6.07 Å². The van der Waals surface area contributed by atoms with Gasteiger partial charge in [-0.05, 0) is 38.3 Å². The Morgan fingerprint density at radius 1 is 1.24 bits per heavy atom. The molecular formula is C18H29N3O4. The molecule has 25 heavy (non-hydrogen) atoms. The number of unbranched alkanes of at least 4 members (excludes halogenated alkanes) is 3. The Morgan fingerprint density at radius 2 is 2.00 bits per heavy atom. The highest BCUT2D eigenvalue weighted by molar-refractivity contribution is 5.60. The Bertz CT molecular complexity index is 541. The number of nitrogens with one attached hydrogen (secondary N) is 1. The van der Waals surface area contributed by atoms with Gasteiger partial charge < -0.3 is 15.5 Å². The first-order chi connectivity index (χ1) is 12.1. The van der Waals surface area contributed by atoms with Crippen LogP contribution in [0.1, 0.15) is 38.5 Å². The van der Waals surface area contributed by atoms with E-state index in [0.717, 1.165) is 51.7 Å². The number of hydrogen-bond donors (Lipinski definition) is 3. The lowest BCUT2D eigenvalue weighted by molar-refractivity contribution is -0.384. The summed E-state index contributed by atoms with van der Waals surface area (Å²) in [5, 5.41) is 33.2. The van der Waals surface area contributed by atoms with Crippen LogP contribution in [-0.4, -0.2) is 58.4 Å². The smallest absolute Gasteiger partial charge is 0.292 e. The lowest BCUT2D eigenvalue weighted by Crippen LogP contribution is -2.46. The van der Waals surface area contributed by atoms with Gasteiger partial charge >= 0.3 is 0 Å². The number of nitrogens with zero attached hydrogens (tertiary/aromatic N) is 2. The molecule has 1 aromatic rings. The molecule has 0 radical (unpaired) electrons. The molecule has 2 rings (SSSR count). The van der Waals surface area contributed by atoms with E-state index in [2.05, 4.69) is 10.2 Å². The van der Waals surface area contributed by atoms with Gasteiger partial charge in [-0.25, -0.2) is 0 Å². The third kappa shape index (κ3) is 6.26. The highest BCUT2D eigenvalue weighted by Gasteiger charge is 2.26. The number of hydrogen-bond acceptors (Lipinski definition) is 6. The van der Waals surface area contributed by atoms with Crippen molar-refractivity contribution >= 4 is 11.4 Å². The Labute approximate surface area is 148 Å². The average Bonchev–Trinajstić information content (AvgIpc) is 2.62. The third-order valence-corrected chi connectivity index (χ3v) is 4.81. The maximum absolute atomic E-state index is 10.9. The lowest BCUT2D eigenvalue weighted by Gasteiger charge is -2.36. The standard InChI is InChI=1S/C18H29N3O4/c22-14-15-13-16(23)9-12-20(15)11-6-2-1-5-10-19-17-7-3-4-8-18(17)21(24)25/h3-4,7-8,15-16,19,22-23H,1-2,5-6,9-14H2/t15-,16+/m0/s1. The maximum atomic E-state index is 10.9. The van der Waals surface area contributed by atoms with Crippen LogP contribution in [0.5, 0.6) is 0 Å². The number of nitro benzene ring substituents is 1. The molecule has 1 fully saturated rings. The number of para-hydroxylation sites is 2. The maximum Gasteiger partial charge on any atom is 0.292 e. The summed E-state index contributed by atoms with van der Waals surface area (Å²) in [6.07, 6.45) is 5.36. The fraction of sp³-hybridized carbons (Fsp3) is 0.667. The topological polar surface area (TPSA) is 98.9 Å². The SMILES string of the molecule is O=[N+]([O-])c1ccccc1NCCCCCCN1CC[C@@H](O)C[C@H]1CO. The summed E-state index contributed by atoms with van der Waals surface area (Å²) in [4.78, 5) is 12.9. The van der Waals surface area contributed by atoms with Gasteiger partial charge in [-0.2, -0.15) is 0 Å². The summed E-state index contributed by atoms with van der Waals surface area (Å²) in [5.41, 5.74) is 0.690. The molecule has 0 aliphatic carbocycles. The zero-order valence-electron chi connectivity index (χ0n) is 14.6. The highest BCUT2D eigenvalue weighted by atomic mass is 16.6. The van der Waals surface area contributed by atoms with Crippen LogP contribution in [0.25, 0.3) is 0 Å². The first-order valence-corrected chi connectivity index (χ1v) is 9.12. The molecule has 1 aliphatic heterocycles. The molecule has 1 aliphatic rings. The van der Waals surface area contributed by atoms with Crippen molar-refractivity contribution in [1.82, 2.24) is 4.90 Å². The first kappa shape index (κ1) is 19.6. The molecule has 2 atom stereocenters. The summed E-state index contributed by atoms with van der Waals surface area (Å²) in [6, 6.07) is 6.79. The van der Waals surface area contributed by atoms with E-state index in [9.17, 15) is 20.3 Å². The molecule has 1 heterocycles. The second-order valence-electron chi connectivity index (χ2n) is 6.67. The zero-order valence-corrected chi connectivity index (χ0v) is 14.6. The molecule has 0 saturated carbocycles. The van der Waals surface area contributed by atoms with Gasteiger partial charge in [0.15, 0.2) is 0 Å². The van der Waals surface area contributed by atoms with E-state index < -0.39 is 0 Å². The van der Waals surface area contributed by atoms with Crippen LogP contribution in [0, 0.1) is 10.1 Å². The highest BCUT2D eigenvalue weighted by Crippen LogP contribution is 2.23. The van der Waals surface area contributed by atoms with Crippen molar-refractivity contribution in [3.8, 4) is 0 Å². The number of nitro groups is 1. The van der Waals surface area contributed by atoms with Gasteiger partial charge in [-0.1, -0.05) is 25.0 Å².